The molecule has 2 rings (SSSR count). The molecule has 4 heteroatoms. The lowest BCUT2D eigenvalue weighted by Crippen LogP contribution is -2.23. The minimum absolute atomic E-state index is 0.236. The molecule has 2 atom stereocenters. The van der Waals surface area contributed by atoms with Crippen molar-refractivity contribution in [3.63, 3.8) is 0 Å². The average Bonchev–Trinajstić information content (AvgIpc) is 2.46. The molecule has 4 nitrogen and oxygen atoms in total. The largest absolute Gasteiger partial charge is 0.469 e. The van der Waals surface area contributed by atoms with Crippen LogP contribution >= 0.6 is 0 Å². The Morgan fingerprint density at radius 2 is 1.90 bits per heavy atom. The summed E-state index contributed by atoms with van der Waals surface area (Å²) in [5.41, 5.74) is 1.53. The van der Waals surface area contributed by atoms with E-state index in [0.717, 1.165) is 16.3 Å². The second-order valence-corrected chi connectivity index (χ2v) is 4.81. The van der Waals surface area contributed by atoms with Gasteiger partial charge in [0.25, 0.3) is 0 Å². The molecule has 0 saturated carbocycles. The van der Waals surface area contributed by atoms with E-state index < -0.39 is 18.2 Å². The number of hydrogen-bond acceptors (Lipinski definition) is 4. The molecule has 0 radical (unpaired) electrons. The summed E-state index contributed by atoms with van der Waals surface area (Å²) >= 11 is 0. The second kappa shape index (κ2) is 6.03. The topological polar surface area (TPSA) is 66.8 Å². The predicted octanol–water partition coefficient (Wildman–Crippen LogP) is 2.11. The number of aliphatic hydroxyl groups excluding tert-OH is 2. The van der Waals surface area contributed by atoms with Crippen molar-refractivity contribution in [3.05, 3.63) is 47.5 Å². The Bertz CT molecular complexity index is 621. The zero-order valence-corrected chi connectivity index (χ0v) is 11.5. The molecule has 106 valence electrons. The van der Waals surface area contributed by atoms with Crippen molar-refractivity contribution >= 4 is 16.7 Å². The summed E-state index contributed by atoms with van der Waals surface area (Å²) in [4.78, 5) is 11.2. The molecule has 0 heterocycles. The van der Waals surface area contributed by atoms with Gasteiger partial charge in [0.1, 0.15) is 6.10 Å². The summed E-state index contributed by atoms with van der Waals surface area (Å²) in [6.07, 6.45) is -2.55. The maximum absolute atomic E-state index is 11.2. The van der Waals surface area contributed by atoms with E-state index in [1.165, 1.54) is 7.11 Å². The van der Waals surface area contributed by atoms with Gasteiger partial charge in [-0.05, 0) is 28.8 Å². The monoisotopic (exact) mass is 274 g/mol. The highest BCUT2D eigenvalue weighted by Gasteiger charge is 2.24. The molecule has 2 aromatic carbocycles. The fourth-order valence-corrected chi connectivity index (χ4v) is 2.36. The molecule has 2 N–H and O–H groups in total. The Morgan fingerprint density at radius 3 is 2.60 bits per heavy atom. The molecule has 20 heavy (non-hydrogen) atoms. The Hall–Kier alpha value is -1.91. The highest BCUT2D eigenvalue weighted by molar-refractivity contribution is 5.87. The van der Waals surface area contributed by atoms with Crippen LogP contribution in [0.3, 0.4) is 0 Å². The first-order chi connectivity index (χ1) is 9.54. The summed E-state index contributed by atoms with van der Waals surface area (Å²) in [6, 6.07) is 11.5. The van der Waals surface area contributed by atoms with Crippen LogP contribution in [0, 0.1) is 6.92 Å². The molecule has 0 bridgehead atoms. The molecular formula is C16H18O4. The van der Waals surface area contributed by atoms with E-state index in [9.17, 15) is 15.0 Å². The number of hydrogen-bond donors (Lipinski definition) is 2. The lowest BCUT2D eigenvalue weighted by molar-refractivity contribution is -0.144. The highest BCUT2D eigenvalue weighted by Crippen LogP contribution is 2.30. The van der Waals surface area contributed by atoms with Gasteiger partial charge in [0.05, 0.1) is 19.6 Å². The molecule has 2 aromatic rings. The van der Waals surface area contributed by atoms with Crippen LogP contribution < -0.4 is 0 Å². The first-order valence-electron chi connectivity index (χ1n) is 6.45. The predicted molar refractivity (Wildman–Crippen MR) is 76.3 cm³/mol. The van der Waals surface area contributed by atoms with Gasteiger partial charge in [-0.15, -0.1) is 0 Å². The molecule has 0 amide bonds. The number of rotatable bonds is 4. The van der Waals surface area contributed by atoms with Gasteiger partial charge in [-0.3, -0.25) is 4.79 Å². The highest BCUT2D eigenvalue weighted by atomic mass is 16.5. The van der Waals surface area contributed by atoms with E-state index in [1.54, 1.807) is 0 Å². The zero-order chi connectivity index (χ0) is 14.7. The van der Waals surface area contributed by atoms with Crippen molar-refractivity contribution < 1.29 is 19.7 Å². The van der Waals surface area contributed by atoms with E-state index in [1.807, 2.05) is 43.3 Å². The standard InChI is InChI=1S/C16H18O4/c1-10-7-8-11-5-3-4-6-12(11)15(10)16(19)13(17)9-14(18)20-2/h3-8,13,16-17,19H,9H2,1-2H3. The van der Waals surface area contributed by atoms with Gasteiger partial charge < -0.3 is 14.9 Å². The summed E-state index contributed by atoms with van der Waals surface area (Å²) in [7, 11) is 1.25. The molecule has 0 aromatic heterocycles. The third-order valence-electron chi connectivity index (χ3n) is 3.45. The van der Waals surface area contributed by atoms with Crippen LogP contribution in [0.5, 0.6) is 0 Å². The van der Waals surface area contributed by atoms with Gasteiger partial charge in [0, 0.05) is 0 Å². The van der Waals surface area contributed by atoms with E-state index >= 15 is 0 Å². The molecule has 0 aliphatic carbocycles. The van der Waals surface area contributed by atoms with Crippen molar-refractivity contribution in [1.82, 2.24) is 0 Å². The zero-order valence-electron chi connectivity index (χ0n) is 11.5. The Morgan fingerprint density at radius 1 is 1.20 bits per heavy atom. The average molecular weight is 274 g/mol. The summed E-state index contributed by atoms with van der Waals surface area (Å²) < 4.78 is 4.51. The molecule has 0 saturated heterocycles. The number of benzene rings is 2. The van der Waals surface area contributed by atoms with Gasteiger partial charge in [-0.2, -0.15) is 0 Å². The fraction of sp³-hybridized carbons (Fsp3) is 0.312. The van der Waals surface area contributed by atoms with Crippen molar-refractivity contribution in [3.8, 4) is 0 Å². The first-order valence-corrected chi connectivity index (χ1v) is 6.45. The molecule has 0 fully saturated rings. The number of methoxy groups -OCH3 is 1. The van der Waals surface area contributed by atoms with Gasteiger partial charge in [-0.25, -0.2) is 0 Å². The molecule has 0 spiro atoms. The summed E-state index contributed by atoms with van der Waals surface area (Å²) in [6.45, 7) is 1.87. The van der Waals surface area contributed by atoms with Crippen molar-refractivity contribution in [1.29, 1.82) is 0 Å². The number of aryl methyl sites for hydroxylation is 1. The number of fused-ring (bicyclic) bond motifs is 1. The van der Waals surface area contributed by atoms with E-state index in [4.69, 9.17) is 0 Å². The smallest absolute Gasteiger partial charge is 0.308 e. The van der Waals surface area contributed by atoms with Crippen LogP contribution in [0.1, 0.15) is 23.7 Å². The van der Waals surface area contributed by atoms with Crippen molar-refractivity contribution in [2.75, 3.05) is 7.11 Å². The minimum atomic E-state index is -1.19. The molecular weight excluding hydrogens is 256 g/mol. The van der Waals surface area contributed by atoms with Crippen LogP contribution in [0.4, 0.5) is 0 Å². The SMILES string of the molecule is COC(=O)CC(O)C(O)c1c(C)ccc2ccccc12. The number of esters is 1. The van der Waals surface area contributed by atoms with Crippen LogP contribution in [0.15, 0.2) is 36.4 Å². The minimum Gasteiger partial charge on any atom is -0.469 e. The normalized spacial score (nSPS) is 14.0. The second-order valence-electron chi connectivity index (χ2n) is 4.81. The number of ether oxygens (including phenoxy) is 1. The third-order valence-corrected chi connectivity index (χ3v) is 3.45. The molecule has 2 unspecified atom stereocenters. The maximum atomic E-state index is 11.2. The van der Waals surface area contributed by atoms with Crippen LogP contribution in [0.25, 0.3) is 10.8 Å². The van der Waals surface area contributed by atoms with Gasteiger partial charge in [0.2, 0.25) is 0 Å². The summed E-state index contributed by atoms with van der Waals surface area (Å²) in [5, 5.41) is 22.2. The quantitative estimate of drug-likeness (QED) is 0.838. The Labute approximate surface area is 117 Å². The Kier molecular flexibility index (Phi) is 4.37. The van der Waals surface area contributed by atoms with Gasteiger partial charge in [0.15, 0.2) is 0 Å². The van der Waals surface area contributed by atoms with Crippen LogP contribution in [-0.2, 0) is 9.53 Å². The first kappa shape index (κ1) is 14.5. The van der Waals surface area contributed by atoms with Gasteiger partial charge >= 0.3 is 5.97 Å². The maximum Gasteiger partial charge on any atom is 0.308 e. The lowest BCUT2D eigenvalue weighted by atomic mass is 9.92. The number of carbonyl (C=O) groups excluding carboxylic acids is 1. The van der Waals surface area contributed by atoms with E-state index in [2.05, 4.69) is 4.74 Å². The number of carbonyl (C=O) groups is 1. The number of aliphatic hydroxyl groups is 2. The van der Waals surface area contributed by atoms with Crippen molar-refractivity contribution in [2.45, 2.75) is 25.6 Å². The fourth-order valence-electron chi connectivity index (χ4n) is 2.36. The van der Waals surface area contributed by atoms with Crippen molar-refractivity contribution in [2.24, 2.45) is 0 Å². The summed E-state index contributed by atoms with van der Waals surface area (Å²) in [5.74, 6) is -0.547. The van der Waals surface area contributed by atoms with E-state index in [0.29, 0.717) is 5.56 Å². The van der Waals surface area contributed by atoms with Gasteiger partial charge in [-0.1, -0.05) is 36.4 Å². The molecule has 0 aliphatic heterocycles. The van der Waals surface area contributed by atoms with Crippen LogP contribution in [-0.4, -0.2) is 29.4 Å². The molecule has 0 aliphatic rings. The lowest BCUT2D eigenvalue weighted by Gasteiger charge is -2.21. The van der Waals surface area contributed by atoms with E-state index in [-0.39, 0.29) is 6.42 Å². The third kappa shape index (κ3) is 2.81. The Balaban J connectivity index is 2.41. The van der Waals surface area contributed by atoms with Crippen LogP contribution in [0.2, 0.25) is 0 Å².